The monoisotopic (exact) mass is 427 g/mol. The molecule has 0 saturated carbocycles. The molecule has 0 saturated heterocycles. The predicted molar refractivity (Wildman–Crippen MR) is 95.9 cm³/mol. The van der Waals surface area contributed by atoms with E-state index >= 15 is 0 Å². The largest absolute Gasteiger partial charge is 0.418 e. The van der Waals surface area contributed by atoms with Crippen LogP contribution in [-0.4, -0.2) is 37.3 Å². The molecule has 0 aliphatic rings. The van der Waals surface area contributed by atoms with Crippen LogP contribution in [0.4, 0.5) is 23.4 Å². The zero-order valence-electron chi connectivity index (χ0n) is 14.1. The lowest BCUT2D eigenvalue weighted by molar-refractivity contribution is -0.207. The maximum Gasteiger partial charge on any atom is 0.418 e. The third kappa shape index (κ3) is 3.08. The molecule has 4 rings (SSSR count). The molecule has 0 fully saturated rings. The van der Waals surface area contributed by atoms with Gasteiger partial charge in [-0.05, 0) is 12.1 Å². The van der Waals surface area contributed by atoms with Gasteiger partial charge >= 0.3 is 6.18 Å². The number of anilines is 1. The number of benzene rings is 1. The van der Waals surface area contributed by atoms with E-state index in [0.717, 1.165) is 0 Å². The summed E-state index contributed by atoms with van der Waals surface area (Å²) in [5.41, 5.74) is -0.439. The van der Waals surface area contributed by atoms with Gasteiger partial charge in [-0.3, -0.25) is 9.89 Å². The molecule has 29 heavy (non-hydrogen) atoms. The lowest BCUT2D eigenvalue weighted by Gasteiger charge is -2.18. The molecule has 12 heteroatoms. The first kappa shape index (κ1) is 19.2. The summed E-state index contributed by atoms with van der Waals surface area (Å²) in [7, 11) is 0. The smallest absolute Gasteiger partial charge is 0.379 e. The molecule has 3 heterocycles. The van der Waals surface area contributed by atoms with Crippen molar-refractivity contribution >= 4 is 40.4 Å². The van der Waals surface area contributed by atoms with E-state index in [1.807, 2.05) is 0 Å². The molecule has 7 nitrogen and oxygen atoms in total. The van der Waals surface area contributed by atoms with Crippen LogP contribution in [0, 0.1) is 5.82 Å². The van der Waals surface area contributed by atoms with Gasteiger partial charge in [-0.1, -0.05) is 11.6 Å². The quantitative estimate of drug-likeness (QED) is 0.341. The van der Waals surface area contributed by atoms with E-state index in [0.29, 0.717) is 17.6 Å². The molecule has 150 valence electrons. The average molecular weight is 428 g/mol. The first-order chi connectivity index (χ1) is 13.7. The van der Waals surface area contributed by atoms with Crippen LogP contribution in [-0.2, 0) is 4.79 Å². The maximum absolute atomic E-state index is 14.8. The number of carbonyl (C=O) groups excluding carboxylic acids is 1. The number of aliphatic hydroxyl groups is 1. The third-order valence-corrected chi connectivity index (χ3v) is 4.71. The molecule has 3 N–H and O–H groups in total. The summed E-state index contributed by atoms with van der Waals surface area (Å²) in [6.07, 6.45) is -3.52. The normalized spacial score (nSPS) is 13.2. The van der Waals surface area contributed by atoms with Crippen molar-refractivity contribution in [2.45, 2.75) is 12.3 Å². The second kappa shape index (κ2) is 6.71. The van der Waals surface area contributed by atoms with Crippen molar-refractivity contribution in [2.75, 3.05) is 5.32 Å². The fourth-order valence-electron chi connectivity index (χ4n) is 3.11. The Bertz CT molecular complexity index is 1250. The SMILES string of the molecule is O=CNc1cn2cc(-c3c(Cl)c(F)c(C(O)C(F)(F)F)c4[nH]ncc34)ccc2n1. The Morgan fingerprint density at radius 3 is 2.76 bits per heavy atom. The van der Waals surface area contributed by atoms with Crippen molar-refractivity contribution < 1.29 is 27.5 Å². The van der Waals surface area contributed by atoms with E-state index in [1.165, 1.54) is 23.0 Å². The Kier molecular flexibility index (Phi) is 4.43. The fraction of sp³-hybridized carbons (Fsp3) is 0.118. The van der Waals surface area contributed by atoms with Gasteiger partial charge in [-0.2, -0.15) is 18.3 Å². The van der Waals surface area contributed by atoms with E-state index in [2.05, 4.69) is 20.5 Å². The molecule has 0 spiro atoms. The van der Waals surface area contributed by atoms with Crippen LogP contribution in [0.15, 0.2) is 30.7 Å². The van der Waals surface area contributed by atoms with E-state index in [-0.39, 0.29) is 22.3 Å². The standard InChI is InChI=1S/C17H10ClF4N5O2/c18-13-11(7-1-2-10-25-9(23-6-28)5-27(10)4-7)8-3-24-26-15(8)12(14(13)19)16(29)17(20,21)22/h1-6,16,29H,(H,23,28)(H,24,26). The number of fused-ring (bicyclic) bond motifs is 2. The number of carbonyl (C=O) groups is 1. The number of amides is 1. The van der Waals surface area contributed by atoms with Gasteiger partial charge in [0.15, 0.2) is 17.7 Å². The molecule has 1 unspecified atom stereocenters. The number of aliphatic hydroxyl groups excluding tert-OH is 1. The molecule has 1 aromatic carbocycles. The van der Waals surface area contributed by atoms with E-state index in [1.54, 1.807) is 12.1 Å². The van der Waals surface area contributed by atoms with Gasteiger partial charge in [0.25, 0.3) is 0 Å². The first-order valence-electron chi connectivity index (χ1n) is 8.00. The van der Waals surface area contributed by atoms with Gasteiger partial charge < -0.3 is 14.8 Å². The minimum atomic E-state index is -5.10. The Morgan fingerprint density at radius 2 is 2.07 bits per heavy atom. The number of nitrogens with one attached hydrogen (secondary N) is 2. The zero-order valence-corrected chi connectivity index (χ0v) is 14.9. The van der Waals surface area contributed by atoms with Gasteiger partial charge in [0, 0.05) is 22.7 Å². The molecule has 1 atom stereocenters. The van der Waals surface area contributed by atoms with Crippen molar-refractivity contribution in [3.8, 4) is 11.1 Å². The van der Waals surface area contributed by atoms with E-state index in [4.69, 9.17) is 11.6 Å². The number of pyridine rings is 1. The van der Waals surface area contributed by atoms with Crippen molar-refractivity contribution in [2.24, 2.45) is 0 Å². The topological polar surface area (TPSA) is 95.3 Å². The Balaban J connectivity index is 1.96. The van der Waals surface area contributed by atoms with Crippen LogP contribution in [0.5, 0.6) is 0 Å². The highest BCUT2D eigenvalue weighted by molar-refractivity contribution is 6.35. The lowest BCUT2D eigenvalue weighted by Crippen LogP contribution is -2.22. The van der Waals surface area contributed by atoms with Crippen LogP contribution in [0.25, 0.3) is 27.7 Å². The second-order valence-electron chi connectivity index (χ2n) is 6.09. The van der Waals surface area contributed by atoms with Crippen LogP contribution in [0.1, 0.15) is 11.7 Å². The molecular formula is C17H10ClF4N5O2. The number of alkyl halides is 3. The number of hydrogen-bond acceptors (Lipinski definition) is 4. The van der Waals surface area contributed by atoms with Crippen LogP contribution in [0.3, 0.4) is 0 Å². The molecule has 0 radical (unpaired) electrons. The molecule has 4 aromatic rings. The minimum absolute atomic E-state index is 0.0894. The number of rotatable bonds is 4. The number of imidazole rings is 1. The van der Waals surface area contributed by atoms with Crippen molar-refractivity contribution in [3.63, 3.8) is 0 Å². The number of H-pyrrole nitrogens is 1. The maximum atomic E-state index is 14.8. The fourth-order valence-corrected chi connectivity index (χ4v) is 3.42. The highest BCUT2D eigenvalue weighted by atomic mass is 35.5. The van der Waals surface area contributed by atoms with Crippen molar-refractivity contribution in [1.82, 2.24) is 19.6 Å². The van der Waals surface area contributed by atoms with Gasteiger partial charge in [-0.25, -0.2) is 9.37 Å². The number of halogens is 5. The van der Waals surface area contributed by atoms with Crippen molar-refractivity contribution in [3.05, 3.63) is 47.1 Å². The van der Waals surface area contributed by atoms with Crippen LogP contribution < -0.4 is 5.32 Å². The molecule has 3 aromatic heterocycles. The summed E-state index contributed by atoms with van der Waals surface area (Å²) in [5, 5.41) is 17.5. The Labute approximate surface area is 163 Å². The Hall–Kier alpha value is -3.18. The van der Waals surface area contributed by atoms with Gasteiger partial charge in [0.1, 0.15) is 5.65 Å². The minimum Gasteiger partial charge on any atom is -0.379 e. The highest BCUT2D eigenvalue weighted by Gasteiger charge is 2.43. The molecule has 0 aliphatic carbocycles. The van der Waals surface area contributed by atoms with Crippen molar-refractivity contribution in [1.29, 1.82) is 0 Å². The highest BCUT2D eigenvalue weighted by Crippen LogP contribution is 2.44. The molecule has 1 amide bonds. The summed E-state index contributed by atoms with van der Waals surface area (Å²) >= 11 is 6.09. The predicted octanol–water partition coefficient (Wildman–Crippen LogP) is 3.83. The first-order valence-corrected chi connectivity index (χ1v) is 8.38. The summed E-state index contributed by atoms with van der Waals surface area (Å²) < 4.78 is 55.4. The number of hydrogen-bond donors (Lipinski definition) is 3. The number of nitrogens with zero attached hydrogens (tertiary/aromatic N) is 3. The zero-order chi connectivity index (χ0) is 20.9. The van der Waals surface area contributed by atoms with Crippen LogP contribution >= 0.6 is 11.6 Å². The number of aromatic nitrogens is 4. The summed E-state index contributed by atoms with van der Waals surface area (Å²) in [6, 6.07) is 3.10. The summed E-state index contributed by atoms with van der Waals surface area (Å²) in [6.45, 7) is 0. The summed E-state index contributed by atoms with van der Waals surface area (Å²) in [5.74, 6) is -1.14. The van der Waals surface area contributed by atoms with Gasteiger partial charge in [-0.15, -0.1) is 0 Å². The summed E-state index contributed by atoms with van der Waals surface area (Å²) in [4.78, 5) is 14.7. The number of aromatic amines is 1. The molecular weight excluding hydrogens is 418 g/mol. The van der Waals surface area contributed by atoms with E-state index in [9.17, 15) is 27.5 Å². The third-order valence-electron chi connectivity index (χ3n) is 4.36. The lowest BCUT2D eigenvalue weighted by atomic mass is 9.97. The second-order valence-corrected chi connectivity index (χ2v) is 6.47. The van der Waals surface area contributed by atoms with E-state index < -0.39 is 28.7 Å². The molecule has 0 aliphatic heterocycles. The Morgan fingerprint density at radius 1 is 1.31 bits per heavy atom. The van der Waals surface area contributed by atoms with Gasteiger partial charge in [0.2, 0.25) is 6.41 Å². The average Bonchev–Trinajstić information content (AvgIpc) is 3.28. The van der Waals surface area contributed by atoms with Gasteiger partial charge in [0.05, 0.1) is 28.5 Å². The molecule has 0 bridgehead atoms. The van der Waals surface area contributed by atoms with Crippen LogP contribution in [0.2, 0.25) is 5.02 Å².